The van der Waals surface area contributed by atoms with Crippen molar-refractivity contribution in [3.8, 4) is 0 Å². The van der Waals surface area contributed by atoms with Crippen molar-refractivity contribution in [3.05, 3.63) is 35.9 Å². The fourth-order valence-corrected chi connectivity index (χ4v) is 2.48. The third-order valence-electron chi connectivity index (χ3n) is 3.77. The highest BCUT2D eigenvalue weighted by Gasteiger charge is 2.28. The summed E-state index contributed by atoms with van der Waals surface area (Å²) in [4.78, 5) is 7.22. The summed E-state index contributed by atoms with van der Waals surface area (Å²) in [5, 5.41) is 4.64. The van der Waals surface area contributed by atoms with E-state index in [9.17, 15) is 0 Å². The molecule has 0 saturated heterocycles. The number of benzene rings is 1. The molecular weight excluding hydrogens is 234 g/mol. The van der Waals surface area contributed by atoms with Gasteiger partial charge < -0.3 is 10.2 Å². The fraction of sp³-hybridized carbons (Fsp3) is 0.438. The first-order chi connectivity index (χ1) is 9.29. The Morgan fingerprint density at radius 3 is 2.84 bits per heavy atom. The van der Waals surface area contributed by atoms with Gasteiger partial charge in [-0.25, -0.2) is 4.98 Å². The smallest absolute Gasteiger partial charge is 0.133 e. The summed E-state index contributed by atoms with van der Waals surface area (Å²) in [7, 11) is 2.17. The summed E-state index contributed by atoms with van der Waals surface area (Å²) in [6, 6.07) is 11.3. The van der Waals surface area contributed by atoms with E-state index in [1.165, 1.54) is 23.8 Å². The van der Waals surface area contributed by atoms with Gasteiger partial charge in [-0.3, -0.25) is 0 Å². The van der Waals surface area contributed by atoms with E-state index < -0.39 is 0 Å². The van der Waals surface area contributed by atoms with Crippen LogP contribution in [-0.2, 0) is 6.54 Å². The van der Waals surface area contributed by atoms with Crippen LogP contribution in [-0.4, -0.2) is 24.6 Å². The lowest BCUT2D eigenvalue weighted by Crippen LogP contribution is -2.24. The molecule has 1 aromatic heterocycles. The van der Waals surface area contributed by atoms with Gasteiger partial charge in [0.1, 0.15) is 5.82 Å². The molecule has 0 atom stereocenters. The SMILES string of the molecule is CCNCc1cc2ccccc2nc1N(C)C1CC1. The van der Waals surface area contributed by atoms with Gasteiger partial charge in [-0.05, 0) is 31.5 Å². The van der Waals surface area contributed by atoms with Crippen LogP contribution in [0.25, 0.3) is 10.9 Å². The number of nitrogens with one attached hydrogen (secondary N) is 1. The largest absolute Gasteiger partial charge is 0.356 e. The molecule has 1 saturated carbocycles. The maximum atomic E-state index is 4.88. The lowest BCUT2D eigenvalue weighted by Gasteiger charge is -2.21. The molecular formula is C16H21N3. The Hall–Kier alpha value is -1.61. The fourth-order valence-electron chi connectivity index (χ4n) is 2.48. The predicted molar refractivity (Wildman–Crippen MR) is 80.5 cm³/mol. The molecule has 0 aliphatic heterocycles. The zero-order valence-corrected chi connectivity index (χ0v) is 11.7. The van der Waals surface area contributed by atoms with Gasteiger partial charge in [-0.2, -0.15) is 0 Å². The van der Waals surface area contributed by atoms with E-state index in [4.69, 9.17) is 4.98 Å². The van der Waals surface area contributed by atoms with Crippen molar-refractivity contribution < 1.29 is 0 Å². The molecule has 1 aliphatic rings. The Morgan fingerprint density at radius 2 is 2.11 bits per heavy atom. The van der Waals surface area contributed by atoms with E-state index in [-0.39, 0.29) is 0 Å². The molecule has 3 heteroatoms. The summed E-state index contributed by atoms with van der Waals surface area (Å²) < 4.78 is 0. The molecule has 1 heterocycles. The number of rotatable bonds is 5. The normalized spacial score (nSPS) is 14.8. The Bertz CT molecular complexity index is 575. The van der Waals surface area contributed by atoms with Gasteiger partial charge in [0.2, 0.25) is 0 Å². The number of hydrogen-bond donors (Lipinski definition) is 1. The lowest BCUT2D eigenvalue weighted by molar-refractivity contribution is 0.720. The van der Waals surface area contributed by atoms with Crippen LogP contribution in [0.2, 0.25) is 0 Å². The van der Waals surface area contributed by atoms with Crippen molar-refractivity contribution >= 4 is 16.7 Å². The highest BCUT2D eigenvalue weighted by Crippen LogP contribution is 2.32. The maximum absolute atomic E-state index is 4.88. The van der Waals surface area contributed by atoms with Gasteiger partial charge in [0.05, 0.1) is 5.52 Å². The zero-order chi connectivity index (χ0) is 13.2. The first kappa shape index (κ1) is 12.4. The number of anilines is 1. The molecule has 1 fully saturated rings. The number of hydrogen-bond acceptors (Lipinski definition) is 3. The molecule has 0 bridgehead atoms. The molecule has 0 radical (unpaired) electrons. The summed E-state index contributed by atoms with van der Waals surface area (Å²) in [5.41, 5.74) is 2.39. The van der Waals surface area contributed by atoms with Crippen molar-refractivity contribution in [2.75, 3.05) is 18.5 Å². The van der Waals surface area contributed by atoms with Crippen LogP contribution in [0.4, 0.5) is 5.82 Å². The van der Waals surface area contributed by atoms with E-state index in [1.54, 1.807) is 0 Å². The Labute approximate surface area is 114 Å². The van der Waals surface area contributed by atoms with Gasteiger partial charge in [0.15, 0.2) is 0 Å². The lowest BCUT2D eigenvalue weighted by atomic mass is 10.1. The average Bonchev–Trinajstić information content (AvgIpc) is 3.28. The second kappa shape index (κ2) is 5.17. The van der Waals surface area contributed by atoms with Gasteiger partial charge >= 0.3 is 0 Å². The molecule has 0 amide bonds. The number of para-hydroxylation sites is 1. The van der Waals surface area contributed by atoms with E-state index in [1.807, 2.05) is 0 Å². The zero-order valence-electron chi connectivity index (χ0n) is 11.7. The molecule has 1 aromatic carbocycles. The van der Waals surface area contributed by atoms with Crippen LogP contribution in [0.1, 0.15) is 25.3 Å². The molecule has 2 aromatic rings. The molecule has 100 valence electrons. The summed E-state index contributed by atoms with van der Waals surface area (Å²) >= 11 is 0. The molecule has 3 rings (SSSR count). The maximum Gasteiger partial charge on any atom is 0.133 e. The number of nitrogens with zero attached hydrogens (tertiary/aromatic N) is 2. The second-order valence-electron chi connectivity index (χ2n) is 5.29. The van der Waals surface area contributed by atoms with Crippen molar-refractivity contribution in [2.24, 2.45) is 0 Å². The minimum absolute atomic E-state index is 0.689. The van der Waals surface area contributed by atoms with Crippen LogP contribution in [0.3, 0.4) is 0 Å². The Balaban J connectivity index is 2.04. The number of pyridine rings is 1. The average molecular weight is 255 g/mol. The molecule has 1 N–H and O–H groups in total. The molecule has 3 nitrogen and oxygen atoms in total. The van der Waals surface area contributed by atoms with E-state index >= 15 is 0 Å². The van der Waals surface area contributed by atoms with E-state index in [0.717, 1.165) is 24.4 Å². The number of aromatic nitrogens is 1. The van der Waals surface area contributed by atoms with E-state index in [2.05, 4.69) is 54.5 Å². The highest BCUT2D eigenvalue weighted by atomic mass is 15.2. The van der Waals surface area contributed by atoms with E-state index in [0.29, 0.717) is 6.04 Å². The molecule has 1 aliphatic carbocycles. The highest BCUT2D eigenvalue weighted by molar-refractivity contribution is 5.81. The summed E-state index contributed by atoms with van der Waals surface area (Å²) in [6.45, 7) is 4.01. The molecule has 19 heavy (non-hydrogen) atoms. The van der Waals surface area contributed by atoms with Crippen molar-refractivity contribution in [2.45, 2.75) is 32.4 Å². The molecule has 0 unspecified atom stereocenters. The van der Waals surface area contributed by atoms with Crippen LogP contribution < -0.4 is 10.2 Å². The summed E-state index contributed by atoms with van der Waals surface area (Å²) in [5.74, 6) is 1.14. The minimum atomic E-state index is 0.689. The van der Waals surface area contributed by atoms with Crippen LogP contribution in [0.5, 0.6) is 0 Å². The van der Waals surface area contributed by atoms with Crippen molar-refractivity contribution in [1.82, 2.24) is 10.3 Å². The monoisotopic (exact) mass is 255 g/mol. The van der Waals surface area contributed by atoms with Crippen LogP contribution in [0.15, 0.2) is 30.3 Å². The van der Waals surface area contributed by atoms with Crippen LogP contribution in [0, 0.1) is 0 Å². The first-order valence-corrected chi connectivity index (χ1v) is 7.12. The standard InChI is InChI=1S/C16H21N3/c1-3-17-11-13-10-12-6-4-5-7-15(12)18-16(13)19(2)14-8-9-14/h4-7,10,14,17H,3,8-9,11H2,1-2H3. The second-order valence-corrected chi connectivity index (χ2v) is 5.29. The quantitative estimate of drug-likeness (QED) is 0.890. The third-order valence-corrected chi connectivity index (χ3v) is 3.77. The van der Waals surface area contributed by atoms with Crippen LogP contribution >= 0.6 is 0 Å². The van der Waals surface area contributed by atoms with Gasteiger partial charge in [0, 0.05) is 30.6 Å². The number of fused-ring (bicyclic) bond motifs is 1. The van der Waals surface area contributed by atoms with Gasteiger partial charge in [0.25, 0.3) is 0 Å². The molecule has 0 spiro atoms. The van der Waals surface area contributed by atoms with Gasteiger partial charge in [-0.1, -0.05) is 25.1 Å². The Kier molecular flexibility index (Phi) is 3.38. The van der Waals surface area contributed by atoms with Crippen molar-refractivity contribution in [1.29, 1.82) is 0 Å². The Morgan fingerprint density at radius 1 is 1.32 bits per heavy atom. The first-order valence-electron chi connectivity index (χ1n) is 7.12. The summed E-state index contributed by atoms with van der Waals surface area (Å²) in [6.07, 6.45) is 2.59. The third kappa shape index (κ3) is 2.56. The van der Waals surface area contributed by atoms with Crippen molar-refractivity contribution in [3.63, 3.8) is 0 Å². The topological polar surface area (TPSA) is 28.2 Å². The predicted octanol–water partition coefficient (Wildman–Crippen LogP) is 2.94. The minimum Gasteiger partial charge on any atom is -0.356 e. The van der Waals surface area contributed by atoms with Gasteiger partial charge in [-0.15, -0.1) is 0 Å².